The third-order valence-corrected chi connectivity index (χ3v) is 2.42. The number of oxazole rings is 1. The summed E-state index contributed by atoms with van der Waals surface area (Å²) in [7, 11) is 0. The summed E-state index contributed by atoms with van der Waals surface area (Å²) in [5.74, 6) is 0.472. The van der Waals surface area contributed by atoms with E-state index in [0.717, 1.165) is 17.5 Å². The van der Waals surface area contributed by atoms with Gasteiger partial charge in [0.15, 0.2) is 11.5 Å². The van der Waals surface area contributed by atoms with E-state index in [9.17, 15) is 4.79 Å². The predicted molar refractivity (Wildman–Crippen MR) is 65.7 cm³/mol. The smallest absolute Gasteiger partial charge is 0.240 e. The van der Waals surface area contributed by atoms with E-state index in [4.69, 9.17) is 10.2 Å². The van der Waals surface area contributed by atoms with Gasteiger partial charge < -0.3 is 15.5 Å². The number of hydrogen-bond donors (Lipinski definition) is 2. The molecule has 17 heavy (non-hydrogen) atoms. The van der Waals surface area contributed by atoms with Gasteiger partial charge >= 0.3 is 0 Å². The van der Waals surface area contributed by atoms with Crippen LogP contribution in [-0.2, 0) is 11.2 Å². The van der Waals surface area contributed by atoms with E-state index in [1.807, 2.05) is 6.92 Å². The molecule has 0 aliphatic carbocycles. The fraction of sp³-hybridized carbons (Fsp3) is 0.333. The molecule has 0 aliphatic rings. The minimum absolute atomic E-state index is 0.219. The molecular weight excluding hydrogens is 218 g/mol. The number of benzene rings is 1. The third kappa shape index (κ3) is 2.45. The van der Waals surface area contributed by atoms with E-state index in [-0.39, 0.29) is 5.91 Å². The van der Waals surface area contributed by atoms with Gasteiger partial charge in [-0.2, -0.15) is 0 Å². The Morgan fingerprint density at radius 1 is 1.59 bits per heavy atom. The van der Waals surface area contributed by atoms with Crippen molar-refractivity contribution in [1.29, 1.82) is 0 Å². The van der Waals surface area contributed by atoms with Crippen LogP contribution >= 0.6 is 0 Å². The molecule has 2 rings (SSSR count). The predicted octanol–water partition coefficient (Wildman–Crippen LogP) is 1.68. The summed E-state index contributed by atoms with van der Waals surface area (Å²) in [5.41, 5.74) is 7.62. The van der Waals surface area contributed by atoms with Crippen molar-refractivity contribution in [3.63, 3.8) is 0 Å². The summed E-state index contributed by atoms with van der Waals surface area (Å²) in [6.45, 7) is 3.61. The SMILES string of the molecule is CCc1nc2cc(NC(=O)[C@@H](C)N)ccc2o1. The van der Waals surface area contributed by atoms with Crippen LogP contribution in [0.25, 0.3) is 11.1 Å². The lowest BCUT2D eigenvalue weighted by atomic mass is 10.2. The van der Waals surface area contributed by atoms with Crippen molar-refractivity contribution < 1.29 is 9.21 Å². The zero-order valence-electron chi connectivity index (χ0n) is 9.86. The number of anilines is 1. The number of nitrogens with two attached hydrogens (primary N) is 1. The molecule has 1 aromatic heterocycles. The second-order valence-corrected chi connectivity index (χ2v) is 3.92. The van der Waals surface area contributed by atoms with Crippen LogP contribution in [0.15, 0.2) is 22.6 Å². The van der Waals surface area contributed by atoms with Crippen molar-refractivity contribution in [1.82, 2.24) is 4.98 Å². The van der Waals surface area contributed by atoms with Gasteiger partial charge in [0.2, 0.25) is 5.91 Å². The van der Waals surface area contributed by atoms with Crippen LogP contribution in [0.5, 0.6) is 0 Å². The Balaban J connectivity index is 2.28. The average Bonchev–Trinajstić information content (AvgIpc) is 2.70. The van der Waals surface area contributed by atoms with Crippen molar-refractivity contribution in [3.05, 3.63) is 24.1 Å². The molecule has 5 nitrogen and oxygen atoms in total. The van der Waals surface area contributed by atoms with Crippen LogP contribution in [0.4, 0.5) is 5.69 Å². The minimum atomic E-state index is -0.533. The second-order valence-electron chi connectivity index (χ2n) is 3.92. The summed E-state index contributed by atoms with van der Waals surface area (Å²) in [6, 6.07) is 4.80. The van der Waals surface area contributed by atoms with E-state index >= 15 is 0 Å². The molecule has 2 aromatic rings. The number of aromatic nitrogens is 1. The van der Waals surface area contributed by atoms with E-state index in [1.54, 1.807) is 25.1 Å². The van der Waals surface area contributed by atoms with Crippen LogP contribution in [-0.4, -0.2) is 16.9 Å². The first kappa shape index (κ1) is 11.6. The Morgan fingerprint density at radius 2 is 2.35 bits per heavy atom. The summed E-state index contributed by atoms with van der Waals surface area (Å²) in [6.07, 6.45) is 0.746. The van der Waals surface area contributed by atoms with Crippen LogP contribution in [0, 0.1) is 0 Å². The van der Waals surface area contributed by atoms with E-state index in [0.29, 0.717) is 11.6 Å². The Kier molecular flexibility index (Phi) is 3.10. The van der Waals surface area contributed by atoms with Crippen molar-refractivity contribution >= 4 is 22.7 Å². The summed E-state index contributed by atoms with van der Waals surface area (Å²) >= 11 is 0. The largest absolute Gasteiger partial charge is 0.441 e. The lowest BCUT2D eigenvalue weighted by Gasteiger charge is -2.06. The maximum absolute atomic E-state index is 11.4. The number of rotatable bonds is 3. The van der Waals surface area contributed by atoms with Gasteiger partial charge in [-0.15, -0.1) is 0 Å². The Morgan fingerprint density at radius 3 is 3.00 bits per heavy atom. The van der Waals surface area contributed by atoms with Gasteiger partial charge in [0, 0.05) is 12.1 Å². The van der Waals surface area contributed by atoms with Crippen molar-refractivity contribution in [3.8, 4) is 0 Å². The van der Waals surface area contributed by atoms with Crippen molar-refractivity contribution in [2.75, 3.05) is 5.32 Å². The van der Waals surface area contributed by atoms with Crippen molar-refractivity contribution in [2.45, 2.75) is 26.3 Å². The van der Waals surface area contributed by atoms with Crippen molar-refractivity contribution in [2.24, 2.45) is 5.73 Å². The first-order valence-corrected chi connectivity index (χ1v) is 5.56. The zero-order chi connectivity index (χ0) is 12.4. The molecule has 0 saturated carbocycles. The average molecular weight is 233 g/mol. The third-order valence-electron chi connectivity index (χ3n) is 2.42. The number of hydrogen-bond acceptors (Lipinski definition) is 4. The van der Waals surface area contributed by atoms with Crippen LogP contribution in [0.1, 0.15) is 19.7 Å². The van der Waals surface area contributed by atoms with Crippen LogP contribution in [0.3, 0.4) is 0 Å². The molecule has 0 radical (unpaired) electrons. The minimum Gasteiger partial charge on any atom is -0.441 e. The van der Waals surface area contributed by atoms with E-state index in [2.05, 4.69) is 10.3 Å². The summed E-state index contributed by atoms with van der Waals surface area (Å²) in [4.78, 5) is 15.7. The molecule has 5 heteroatoms. The number of aryl methyl sites for hydroxylation is 1. The Hall–Kier alpha value is -1.88. The van der Waals surface area contributed by atoms with Gasteiger partial charge in [0.05, 0.1) is 6.04 Å². The summed E-state index contributed by atoms with van der Waals surface area (Å²) < 4.78 is 5.48. The second kappa shape index (κ2) is 4.55. The van der Waals surface area contributed by atoms with Gasteiger partial charge in [0.25, 0.3) is 0 Å². The lowest BCUT2D eigenvalue weighted by molar-refractivity contribution is -0.117. The van der Waals surface area contributed by atoms with Gasteiger partial charge in [-0.1, -0.05) is 6.92 Å². The van der Waals surface area contributed by atoms with Crippen LogP contribution in [0.2, 0.25) is 0 Å². The highest BCUT2D eigenvalue weighted by molar-refractivity contribution is 5.95. The van der Waals surface area contributed by atoms with Crippen LogP contribution < -0.4 is 11.1 Å². The molecule has 0 aliphatic heterocycles. The highest BCUT2D eigenvalue weighted by atomic mass is 16.3. The Bertz CT molecular complexity index is 546. The first-order chi connectivity index (χ1) is 8.10. The molecule has 1 atom stereocenters. The van der Waals surface area contributed by atoms with Gasteiger partial charge in [-0.3, -0.25) is 4.79 Å². The molecule has 0 unspecified atom stereocenters. The standard InChI is InChI=1S/C12H15N3O2/c1-3-11-15-9-6-8(4-5-10(9)17-11)14-12(16)7(2)13/h4-7H,3,13H2,1-2H3,(H,14,16)/t7-/m1/s1. The number of fused-ring (bicyclic) bond motifs is 1. The first-order valence-electron chi connectivity index (χ1n) is 5.56. The monoisotopic (exact) mass is 233 g/mol. The fourth-order valence-corrected chi connectivity index (χ4v) is 1.46. The van der Waals surface area contributed by atoms with Gasteiger partial charge in [-0.05, 0) is 25.1 Å². The normalized spacial score (nSPS) is 12.6. The number of nitrogens with zero attached hydrogens (tertiary/aromatic N) is 1. The zero-order valence-corrected chi connectivity index (χ0v) is 9.86. The molecule has 1 amide bonds. The molecule has 0 saturated heterocycles. The van der Waals surface area contributed by atoms with E-state index in [1.165, 1.54) is 0 Å². The molecule has 0 fully saturated rings. The molecule has 1 aromatic carbocycles. The maximum atomic E-state index is 11.4. The molecule has 0 bridgehead atoms. The number of carbonyl (C=O) groups is 1. The highest BCUT2D eigenvalue weighted by Crippen LogP contribution is 2.20. The highest BCUT2D eigenvalue weighted by Gasteiger charge is 2.09. The lowest BCUT2D eigenvalue weighted by Crippen LogP contribution is -2.32. The number of nitrogens with one attached hydrogen (secondary N) is 1. The molecular formula is C12H15N3O2. The number of carbonyl (C=O) groups excluding carboxylic acids is 1. The van der Waals surface area contributed by atoms with Gasteiger partial charge in [-0.25, -0.2) is 4.98 Å². The maximum Gasteiger partial charge on any atom is 0.240 e. The fourth-order valence-electron chi connectivity index (χ4n) is 1.46. The van der Waals surface area contributed by atoms with E-state index < -0.39 is 6.04 Å². The quantitative estimate of drug-likeness (QED) is 0.845. The Labute approximate surface area is 99.0 Å². The molecule has 0 spiro atoms. The van der Waals surface area contributed by atoms with Gasteiger partial charge in [0.1, 0.15) is 5.52 Å². The molecule has 1 heterocycles. The topological polar surface area (TPSA) is 81.2 Å². The number of amides is 1. The molecule has 3 N–H and O–H groups in total. The summed E-state index contributed by atoms with van der Waals surface area (Å²) in [5, 5.41) is 2.72. The molecule has 90 valence electrons.